The molecule has 1 amide bonds. The van der Waals surface area contributed by atoms with Gasteiger partial charge in [-0.3, -0.25) is 4.98 Å². The van der Waals surface area contributed by atoms with Crippen LogP contribution in [0.3, 0.4) is 0 Å². The Morgan fingerprint density at radius 3 is 2.27 bits per heavy atom. The first-order valence-corrected chi connectivity index (χ1v) is 12.0. The van der Waals surface area contributed by atoms with Crippen molar-refractivity contribution in [2.45, 2.75) is 45.4 Å². The van der Waals surface area contributed by atoms with Crippen LogP contribution in [-0.4, -0.2) is 38.8 Å². The highest BCUT2D eigenvalue weighted by molar-refractivity contribution is 5.83. The maximum Gasteiger partial charge on any atom is 0.408 e. The van der Waals surface area contributed by atoms with E-state index in [1.165, 1.54) is 10.8 Å². The first-order chi connectivity index (χ1) is 17.7. The Morgan fingerprint density at radius 1 is 0.919 bits per heavy atom. The summed E-state index contributed by atoms with van der Waals surface area (Å²) in [5.74, 6) is -0.460. The third kappa shape index (κ3) is 7.27. The van der Waals surface area contributed by atoms with Crippen LogP contribution in [0.2, 0.25) is 0 Å². The minimum atomic E-state index is -1.13. The molecule has 190 valence electrons. The number of nitrogens with zero attached hydrogens (tertiary/aromatic N) is 2. The van der Waals surface area contributed by atoms with Crippen LogP contribution < -0.4 is 10.6 Å². The Kier molecular flexibility index (Phi) is 7.67. The molecule has 0 saturated carbocycles. The Bertz CT molecular complexity index is 1380. The fourth-order valence-corrected chi connectivity index (χ4v) is 3.81. The molecule has 0 bridgehead atoms. The predicted octanol–water partition coefficient (Wildman–Crippen LogP) is 5.43. The van der Waals surface area contributed by atoms with Crippen LogP contribution in [0.1, 0.15) is 31.9 Å². The minimum Gasteiger partial charge on any atom is -0.480 e. The number of aromatic nitrogens is 2. The molecule has 0 fully saturated rings. The van der Waals surface area contributed by atoms with Gasteiger partial charge in [-0.15, -0.1) is 0 Å². The maximum absolute atomic E-state index is 12.0. The molecule has 3 aromatic carbocycles. The molecule has 0 aliphatic heterocycles. The van der Waals surface area contributed by atoms with Gasteiger partial charge in [0.1, 0.15) is 17.5 Å². The van der Waals surface area contributed by atoms with Crippen molar-refractivity contribution in [3.63, 3.8) is 0 Å². The number of alkyl carbamates (subject to hydrolysis) is 1. The van der Waals surface area contributed by atoms with E-state index in [1.807, 2.05) is 36.4 Å². The van der Waals surface area contributed by atoms with E-state index in [0.717, 1.165) is 16.7 Å². The molecular weight excluding hydrogens is 468 g/mol. The number of carboxylic acids is 1. The number of carboxylic acid groups (broad SMARTS) is 1. The van der Waals surface area contributed by atoms with Crippen molar-refractivity contribution in [1.82, 2.24) is 15.3 Å². The summed E-state index contributed by atoms with van der Waals surface area (Å²) in [4.78, 5) is 32.6. The molecule has 1 aromatic heterocycles. The topological polar surface area (TPSA) is 113 Å². The number of carbonyl (C=O) groups is 2. The summed E-state index contributed by atoms with van der Waals surface area (Å²) < 4.78 is 5.17. The van der Waals surface area contributed by atoms with Crippen molar-refractivity contribution in [3.8, 4) is 11.3 Å². The van der Waals surface area contributed by atoms with Gasteiger partial charge in [0.25, 0.3) is 0 Å². The third-order valence-corrected chi connectivity index (χ3v) is 5.62. The van der Waals surface area contributed by atoms with Gasteiger partial charge in [-0.05, 0) is 48.7 Å². The van der Waals surface area contributed by atoms with Gasteiger partial charge in [0, 0.05) is 18.5 Å². The van der Waals surface area contributed by atoms with Gasteiger partial charge in [-0.2, -0.15) is 0 Å². The molecule has 0 saturated heterocycles. The normalized spacial score (nSPS) is 12.1. The highest BCUT2D eigenvalue weighted by atomic mass is 16.6. The molecule has 4 aromatic rings. The van der Waals surface area contributed by atoms with Gasteiger partial charge in [0.2, 0.25) is 0 Å². The SMILES string of the molecule is CC(C)(C)OC(=O)N[C@@H](Cc1ccc(-c2cnc(NCc3ccc4ccccc4c3)cn2)cc1)C(=O)O. The number of hydrogen-bond acceptors (Lipinski definition) is 6. The van der Waals surface area contributed by atoms with Crippen molar-refractivity contribution in [1.29, 1.82) is 0 Å². The molecule has 4 rings (SSSR count). The van der Waals surface area contributed by atoms with Crippen molar-refractivity contribution in [3.05, 3.63) is 90.3 Å². The number of hydrogen-bond donors (Lipinski definition) is 3. The Balaban J connectivity index is 1.35. The zero-order valence-electron chi connectivity index (χ0n) is 21.1. The van der Waals surface area contributed by atoms with Crippen LogP contribution in [0.5, 0.6) is 0 Å². The summed E-state index contributed by atoms with van der Waals surface area (Å²) in [6, 6.07) is 20.8. The zero-order chi connectivity index (χ0) is 26.4. The molecule has 37 heavy (non-hydrogen) atoms. The Morgan fingerprint density at radius 2 is 1.62 bits per heavy atom. The second-order valence-corrected chi connectivity index (χ2v) is 9.76. The lowest BCUT2D eigenvalue weighted by atomic mass is 10.0. The van der Waals surface area contributed by atoms with E-state index < -0.39 is 23.7 Å². The van der Waals surface area contributed by atoms with E-state index in [1.54, 1.807) is 33.2 Å². The molecule has 3 N–H and O–H groups in total. The summed E-state index contributed by atoms with van der Waals surface area (Å²) >= 11 is 0. The first-order valence-electron chi connectivity index (χ1n) is 12.0. The van der Waals surface area contributed by atoms with E-state index in [-0.39, 0.29) is 6.42 Å². The number of anilines is 1. The quantitative estimate of drug-likeness (QED) is 0.297. The summed E-state index contributed by atoms with van der Waals surface area (Å²) in [5, 5.41) is 17.6. The van der Waals surface area contributed by atoms with Gasteiger partial charge in [-0.1, -0.05) is 60.7 Å². The minimum absolute atomic E-state index is 0.123. The summed E-state index contributed by atoms with van der Waals surface area (Å²) in [6.45, 7) is 5.79. The molecule has 8 heteroatoms. The van der Waals surface area contributed by atoms with E-state index in [0.29, 0.717) is 18.1 Å². The van der Waals surface area contributed by atoms with E-state index >= 15 is 0 Å². The zero-order valence-corrected chi connectivity index (χ0v) is 21.1. The maximum atomic E-state index is 12.0. The van der Waals surface area contributed by atoms with E-state index in [4.69, 9.17) is 4.74 Å². The summed E-state index contributed by atoms with van der Waals surface area (Å²) in [5.41, 5.74) is 2.75. The lowest BCUT2D eigenvalue weighted by molar-refractivity contribution is -0.139. The fraction of sp³-hybridized carbons (Fsp3) is 0.241. The number of rotatable bonds is 8. The molecular formula is C29H30N4O4. The van der Waals surface area contributed by atoms with Crippen LogP contribution in [-0.2, 0) is 22.5 Å². The van der Waals surface area contributed by atoms with Gasteiger partial charge < -0.3 is 20.5 Å². The van der Waals surface area contributed by atoms with Gasteiger partial charge in [-0.25, -0.2) is 14.6 Å². The molecule has 8 nitrogen and oxygen atoms in total. The first kappa shape index (κ1) is 25.6. The number of carbonyl (C=O) groups excluding carboxylic acids is 1. The summed E-state index contributed by atoms with van der Waals surface area (Å²) in [6.07, 6.45) is 2.75. The highest BCUT2D eigenvalue weighted by Crippen LogP contribution is 2.20. The third-order valence-electron chi connectivity index (χ3n) is 5.62. The molecule has 1 atom stereocenters. The number of nitrogens with one attached hydrogen (secondary N) is 2. The van der Waals surface area contributed by atoms with Crippen molar-refractivity contribution in [2.75, 3.05) is 5.32 Å². The van der Waals surface area contributed by atoms with Crippen LogP contribution >= 0.6 is 0 Å². The molecule has 0 aliphatic rings. The molecule has 0 spiro atoms. The average Bonchev–Trinajstić information content (AvgIpc) is 2.86. The van der Waals surface area contributed by atoms with Crippen LogP contribution in [0.25, 0.3) is 22.0 Å². The van der Waals surface area contributed by atoms with Crippen LogP contribution in [0.15, 0.2) is 79.1 Å². The number of benzene rings is 3. The molecule has 0 radical (unpaired) electrons. The number of ether oxygens (including phenoxy) is 1. The van der Waals surface area contributed by atoms with Gasteiger partial charge in [0.05, 0.1) is 18.1 Å². The predicted molar refractivity (Wildman–Crippen MR) is 143 cm³/mol. The number of fused-ring (bicyclic) bond motifs is 1. The van der Waals surface area contributed by atoms with Gasteiger partial charge in [0.15, 0.2) is 0 Å². The van der Waals surface area contributed by atoms with Crippen molar-refractivity contribution >= 4 is 28.7 Å². The molecule has 0 aliphatic carbocycles. The fourth-order valence-electron chi connectivity index (χ4n) is 3.81. The molecule has 0 unspecified atom stereocenters. The van der Waals surface area contributed by atoms with Crippen LogP contribution in [0.4, 0.5) is 10.6 Å². The lowest BCUT2D eigenvalue weighted by Gasteiger charge is -2.22. The molecule has 1 heterocycles. The number of amides is 1. The summed E-state index contributed by atoms with van der Waals surface area (Å²) in [7, 11) is 0. The van der Waals surface area contributed by atoms with Crippen molar-refractivity contribution < 1.29 is 19.4 Å². The number of aliphatic carboxylic acids is 1. The van der Waals surface area contributed by atoms with E-state index in [2.05, 4.69) is 50.9 Å². The highest BCUT2D eigenvalue weighted by Gasteiger charge is 2.24. The lowest BCUT2D eigenvalue weighted by Crippen LogP contribution is -2.44. The average molecular weight is 499 g/mol. The smallest absolute Gasteiger partial charge is 0.408 e. The van der Waals surface area contributed by atoms with Crippen molar-refractivity contribution in [2.24, 2.45) is 0 Å². The second kappa shape index (κ2) is 11.1. The second-order valence-electron chi connectivity index (χ2n) is 9.76. The van der Waals surface area contributed by atoms with Crippen LogP contribution in [0, 0.1) is 0 Å². The van der Waals surface area contributed by atoms with E-state index in [9.17, 15) is 14.7 Å². The van der Waals surface area contributed by atoms with Gasteiger partial charge >= 0.3 is 12.1 Å². The Hall–Kier alpha value is -4.46. The monoisotopic (exact) mass is 498 g/mol. The largest absolute Gasteiger partial charge is 0.480 e. The Labute approximate surface area is 215 Å². The standard InChI is InChI=1S/C29H30N4O4/c1-29(2,3)37-28(36)33-24(27(34)35)15-19-8-12-22(13-9-19)25-17-32-26(18-30-25)31-16-20-10-11-21-6-4-5-7-23(21)14-20/h4-14,17-18,24H,15-16H2,1-3H3,(H,31,32)(H,33,36)(H,34,35)/t24-/m0/s1.